The fraction of sp³-hybridized carbons (Fsp3) is 0.600. The maximum atomic E-state index is 12.6. The molecule has 0 radical (unpaired) electrons. The van der Waals surface area contributed by atoms with Crippen LogP contribution in [0.15, 0.2) is 6.07 Å². The van der Waals surface area contributed by atoms with Crippen molar-refractivity contribution >= 4 is 23.5 Å². The first-order chi connectivity index (χ1) is 8.38. The number of nitrogen functional groups attached to an aromatic ring is 1. The van der Waals surface area contributed by atoms with Crippen LogP contribution in [0.1, 0.15) is 12.6 Å². The highest BCUT2D eigenvalue weighted by atomic mass is 32.2. The monoisotopic (exact) mass is 278 g/mol. The van der Waals surface area contributed by atoms with E-state index in [4.69, 9.17) is 5.73 Å². The van der Waals surface area contributed by atoms with Gasteiger partial charge in [-0.2, -0.15) is 29.9 Å². The Morgan fingerprint density at radius 1 is 1.44 bits per heavy atom. The Balaban J connectivity index is 2.35. The number of aromatic nitrogens is 2. The molecule has 1 unspecified atom stereocenters. The summed E-state index contributed by atoms with van der Waals surface area (Å²) in [6.45, 7) is 2.62. The summed E-state index contributed by atoms with van der Waals surface area (Å²) in [5, 5.41) is 0. The number of rotatable bonds is 1. The molecule has 1 saturated heterocycles. The van der Waals surface area contributed by atoms with Crippen LogP contribution in [0.5, 0.6) is 0 Å². The first kappa shape index (κ1) is 13.3. The quantitative estimate of drug-likeness (QED) is 0.851. The standard InChI is InChI=1S/C10H13F3N4S/c1-6-5-18-3-2-17(6)8-4-7(10(11,12)13)15-9(14)16-8/h4,6H,2-3,5H2,1H3,(H2,14,15,16). The second kappa shape index (κ2) is 4.83. The smallest absolute Gasteiger partial charge is 0.368 e. The van der Waals surface area contributed by atoms with Gasteiger partial charge in [-0.15, -0.1) is 0 Å². The minimum Gasteiger partial charge on any atom is -0.368 e. The van der Waals surface area contributed by atoms with Crippen molar-refractivity contribution in [3.63, 3.8) is 0 Å². The summed E-state index contributed by atoms with van der Waals surface area (Å²) < 4.78 is 37.9. The van der Waals surface area contributed by atoms with Crippen LogP contribution in [0.2, 0.25) is 0 Å². The summed E-state index contributed by atoms with van der Waals surface area (Å²) in [4.78, 5) is 8.98. The number of thioether (sulfide) groups is 1. The zero-order valence-electron chi connectivity index (χ0n) is 9.74. The van der Waals surface area contributed by atoms with Crippen molar-refractivity contribution in [2.75, 3.05) is 28.7 Å². The number of hydrogen-bond acceptors (Lipinski definition) is 5. The molecule has 1 aliphatic rings. The average Bonchev–Trinajstić information content (AvgIpc) is 2.27. The SMILES string of the molecule is CC1CSCCN1c1cc(C(F)(F)F)nc(N)n1. The van der Waals surface area contributed by atoms with Crippen molar-refractivity contribution in [1.82, 2.24) is 9.97 Å². The largest absolute Gasteiger partial charge is 0.433 e. The van der Waals surface area contributed by atoms with E-state index in [1.165, 1.54) is 0 Å². The number of halogens is 3. The van der Waals surface area contributed by atoms with E-state index in [1.807, 2.05) is 11.8 Å². The molecule has 1 aromatic rings. The van der Waals surface area contributed by atoms with Gasteiger partial charge in [-0.1, -0.05) is 0 Å². The highest BCUT2D eigenvalue weighted by Gasteiger charge is 2.34. The van der Waals surface area contributed by atoms with Gasteiger partial charge in [0.2, 0.25) is 5.95 Å². The molecule has 2 rings (SSSR count). The number of nitrogens with two attached hydrogens (primary N) is 1. The van der Waals surface area contributed by atoms with Crippen molar-refractivity contribution in [3.8, 4) is 0 Å². The summed E-state index contributed by atoms with van der Waals surface area (Å²) in [6.07, 6.45) is -4.50. The molecule has 1 fully saturated rings. The summed E-state index contributed by atoms with van der Waals surface area (Å²) in [5.41, 5.74) is 4.36. The zero-order valence-corrected chi connectivity index (χ0v) is 10.6. The number of hydrogen-bond donors (Lipinski definition) is 1. The molecule has 0 bridgehead atoms. The number of alkyl halides is 3. The topological polar surface area (TPSA) is 55.0 Å². The molecule has 100 valence electrons. The third-order valence-electron chi connectivity index (χ3n) is 2.68. The van der Waals surface area contributed by atoms with Crippen molar-refractivity contribution in [1.29, 1.82) is 0 Å². The lowest BCUT2D eigenvalue weighted by molar-refractivity contribution is -0.141. The van der Waals surface area contributed by atoms with Gasteiger partial charge in [0.1, 0.15) is 5.82 Å². The van der Waals surface area contributed by atoms with Crippen LogP contribution in [-0.4, -0.2) is 34.1 Å². The lowest BCUT2D eigenvalue weighted by Crippen LogP contribution is -2.41. The normalized spacial score (nSPS) is 21.1. The molecule has 18 heavy (non-hydrogen) atoms. The fourth-order valence-electron chi connectivity index (χ4n) is 1.81. The summed E-state index contributed by atoms with van der Waals surface area (Å²) >= 11 is 1.78. The second-order valence-electron chi connectivity index (χ2n) is 4.08. The van der Waals surface area contributed by atoms with E-state index in [2.05, 4.69) is 9.97 Å². The average molecular weight is 278 g/mol. The molecule has 0 aliphatic carbocycles. The van der Waals surface area contributed by atoms with Crippen LogP contribution in [0.25, 0.3) is 0 Å². The van der Waals surface area contributed by atoms with Gasteiger partial charge in [-0.25, -0.2) is 4.98 Å². The second-order valence-corrected chi connectivity index (χ2v) is 5.23. The van der Waals surface area contributed by atoms with Crippen molar-refractivity contribution in [2.45, 2.75) is 19.1 Å². The van der Waals surface area contributed by atoms with E-state index in [0.29, 0.717) is 6.54 Å². The van der Waals surface area contributed by atoms with Gasteiger partial charge >= 0.3 is 6.18 Å². The van der Waals surface area contributed by atoms with Crippen molar-refractivity contribution in [3.05, 3.63) is 11.8 Å². The molecule has 2 heterocycles. The van der Waals surface area contributed by atoms with Crippen molar-refractivity contribution < 1.29 is 13.2 Å². The Morgan fingerprint density at radius 2 is 2.17 bits per heavy atom. The highest BCUT2D eigenvalue weighted by molar-refractivity contribution is 7.99. The molecule has 1 aliphatic heterocycles. The van der Waals surface area contributed by atoms with Crippen LogP contribution in [0.3, 0.4) is 0 Å². The molecule has 1 atom stereocenters. The fourth-order valence-corrected chi connectivity index (χ4v) is 2.83. The van der Waals surface area contributed by atoms with Crippen LogP contribution in [0.4, 0.5) is 24.9 Å². The van der Waals surface area contributed by atoms with Crippen LogP contribution < -0.4 is 10.6 Å². The van der Waals surface area contributed by atoms with Gasteiger partial charge in [0.25, 0.3) is 0 Å². The minimum absolute atomic E-state index is 0.138. The van der Waals surface area contributed by atoms with Crippen LogP contribution >= 0.6 is 11.8 Å². The molecular formula is C10H13F3N4S. The number of anilines is 2. The molecule has 1 aromatic heterocycles. The first-order valence-electron chi connectivity index (χ1n) is 5.44. The Labute approximate surface area is 107 Å². The molecule has 0 aromatic carbocycles. The molecule has 0 saturated carbocycles. The van der Waals surface area contributed by atoms with E-state index in [-0.39, 0.29) is 17.8 Å². The molecule has 2 N–H and O–H groups in total. The first-order valence-corrected chi connectivity index (χ1v) is 6.59. The summed E-state index contributed by atoms with van der Waals surface area (Å²) in [7, 11) is 0. The summed E-state index contributed by atoms with van der Waals surface area (Å²) in [5.74, 6) is 1.65. The Hall–Kier alpha value is -1.18. The minimum atomic E-state index is -4.50. The lowest BCUT2D eigenvalue weighted by Gasteiger charge is -2.34. The van der Waals surface area contributed by atoms with Gasteiger partial charge in [-0.3, -0.25) is 0 Å². The Morgan fingerprint density at radius 3 is 2.78 bits per heavy atom. The van der Waals surface area contributed by atoms with Gasteiger partial charge in [0, 0.05) is 30.2 Å². The van der Waals surface area contributed by atoms with Gasteiger partial charge < -0.3 is 10.6 Å². The van der Waals surface area contributed by atoms with Crippen LogP contribution in [0, 0.1) is 0 Å². The van der Waals surface area contributed by atoms with Crippen molar-refractivity contribution in [2.24, 2.45) is 0 Å². The molecule has 4 nitrogen and oxygen atoms in total. The van der Waals surface area contributed by atoms with Gasteiger partial charge in [0.05, 0.1) is 0 Å². The highest BCUT2D eigenvalue weighted by Crippen LogP contribution is 2.31. The Bertz CT molecular complexity index is 438. The molecular weight excluding hydrogens is 265 g/mol. The summed E-state index contributed by atoms with van der Waals surface area (Å²) in [6, 6.07) is 1.10. The third kappa shape index (κ3) is 2.80. The zero-order chi connectivity index (χ0) is 13.3. The van der Waals surface area contributed by atoms with Crippen LogP contribution in [-0.2, 0) is 6.18 Å². The predicted octanol–water partition coefficient (Wildman–Crippen LogP) is 2.02. The predicted molar refractivity (Wildman–Crippen MR) is 65.6 cm³/mol. The molecule has 0 amide bonds. The van der Waals surface area contributed by atoms with Gasteiger partial charge in [0.15, 0.2) is 5.69 Å². The lowest BCUT2D eigenvalue weighted by atomic mass is 10.3. The third-order valence-corrected chi connectivity index (χ3v) is 3.87. The Kier molecular flexibility index (Phi) is 3.56. The van der Waals surface area contributed by atoms with E-state index in [9.17, 15) is 13.2 Å². The molecule has 0 spiro atoms. The molecule has 8 heteroatoms. The van der Waals surface area contributed by atoms with E-state index in [0.717, 1.165) is 17.6 Å². The maximum absolute atomic E-state index is 12.6. The maximum Gasteiger partial charge on any atom is 0.433 e. The van der Waals surface area contributed by atoms with E-state index >= 15 is 0 Å². The number of nitrogens with zero attached hydrogens (tertiary/aromatic N) is 3. The van der Waals surface area contributed by atoms with Gasteiger partial charge in [-0.05, 0) is 6.92 Å². The van der Waals surface area contributed by atoms with E-state index < -0.39 is 11.9 Å². The van der Waals surface area contributed by atoms with E-state index in [1.54, 1.807) is 11.8 Å².